The second-order valence-corrected chi connectivity index (χ2v) is 3.34. The largest absolute Gasteiger partial charge is 0.390 e. The van der Waals surface area contributed by atoms with E-state index in [1.165, 1.54) is 0 Å². The van der Waals surface area contributed by atoms with Crippen molar-refractivity contribution >= 4 is 6.29 Å². The quantitative estimate of drug-likeness (QED) is 0.607. The fraction of sp³-hybridized carbons (Fsp3) is 0.364. The van der Waals surface area contributed by atoms with Crippen molar-refractivity contribution in [2.24, 2.45) is 5.73 Å². The highest BCUT2D eigenvalue weighted by Gasteiger charge is 2.19. The number of carbonyl (C=O) groups is 1. The lowest BCUT2D eigenvalue weighted by Gasteiger charge is -2.18. The summed E-state index contributed by atoms with van der Waals surface area (Å²) in [7, 11) is 0. The van der Waals surface area contributed by atoms with Crippen LogP contribution in [0.2, 0.25) is 0 Å². The number of aliphatic hydroxyl groups is 2. The van der Waals surface area contributed by atoms with Crippen LogP contribution in [0.15, 0.2) is 24.3 Å². The van der Waals surface area contributed by atoms with E-state index >= 15 is 0 Å². The van der Waals surface area contributed by atoms with Gasteiger partial charge in [0.1, 0.15) is 12.4 Å². The van der Waals surface area contributed by atoms with Crippen LogP contribution in [0.4, 0.5) is 0 Å². The molecule has 0 saturated heterocycles. The Morgan fingerprint density at radius 1 is 1.33 bits per heavy atom. The van der Waals surface area contributed by atoms with E-state index in [1.54, 1.807) is 24.3 Å². The molecule has 0 aliphatic rings. The third-order valence-corrected chi connectivity index (χ3v) is 2.27. The predicted octanol–water partition coefficient (Wildman–Crippen LogP) is 0.242. The van der Waals surface area contributed by atoms with E-state index in [0.717, 1.165) is 0 Å². The summed E-state index contributed by atoms with van der Waals surface area (Å²) in [5, 5.41) is 19.3. The van der Waals surface area contributed by atoms with Crippen LogP contribution in [0.1, 0.15) is 28.4 Å². The van der Waals surface area contributed by atoms with E-state index in [4.69, 9.17) is 5.73 Å². The van der Waals surface area contributed by atoms with Crippen molar-refractivity contribution in [3.8, 4) is 0 Å². The van der Waals surface area contributed by atoms with Crippen molar-refractivity contribution in [1.82, 2.24) is 0 Å². The van der Waals surface area contributed by atoms with Crippen LogP contribution in [-0.4, -0.2) is 29.1 Å². The van der Waals surface area contributed by atoms with Gasteiger partial charge in [0.2, 0.25) is 0 Å². The first-order chi connectivity index (χ1) is 7.20. The molecule has 2 atom stereocenters. The zero-order chi connectivity index (χ0) is 11.3. The number of hydrogen-bond donors (Lipinski definition) is 3. The lowest BCUT2D eigenvalue weighted by molar-refractivity contribution is 0.0147. The molecule has 4 heteroatoms. The summed E-state index contributed by atoms with van der Waals surface area (Å²) in [6, 6.07) is 6.63. The van der Waals surface area contributed by atoms with Gasteiger partial charge in [-0.15, -0.1) is 0 Å². The van der Waals surface area contributed by atoms with E-state index in [1.807, 2.05) is 0 Å². The molecule has 0 aromatic heterocycles. The molecule has 0 saturated carbocycles. The molecule has 0 aliphatic carbocycles. The van der Waals surface area contributed by atoms with Crippen LogP contribution in [0.25, 0.3) is 0 Å². The van der Waals surface area contributed by atoms with Gasteiger partial charge in [0, 0.05) is 5.56 Å². The van der Waals surface area contributed by atoms with E-state index in [9.17, 15) is 15.0 Å². The molecule has 2 unspecified atom stereocenters. The third-order valence-electron chi connectivity index (χ3n) is 2.27. The summed E-state index contributed by atoms with van der Waals surface area (Å²) in [6.45, 7) is 0.293. The summed E-state index contributed by atoms with van der Waals surface area (Å²) >= 11 is 0. The first-order valence-electron chi connectivity index (χ1n) is 4.81. The number of aldehydes is 1. The highest BCUT2D eigenvalue weighted by atomic mass is 16.3. The second kappa shape index (κ2) is 5.60. The maximum absolute atomic E-state index is 10.7. The molecule has 0 spiro atoms. The average molecular weight is 209 g/mol. The lowest BCUT2D eigenvalue weighted by Crippen LogP contribution is -2.22. The van der Waals surface area contributed by atoms with Crippen molar-refractivity contribution in [2.45, 2.75) is 18.6 Å². The zero-order valence-electron chi connectivity index (χ0n) is 8.34. The minimum Gasteiger partial charge on any atom is -0.390 e. The summed E-state index contributed by atoms with van der Waals surface area (Å²) in [5.41, 5.74) is 6.10. The molecule has 1 rings (SSSR count). The summed E-state index contributed by atoms with van der Waals surface area (Å²) in [6.07, 6.45) is -1.03. The second-order valence-electron chi connectivity index (χ2n) is 3.34. The van der Waals surface area contributed by atoms with Gasteiger partial charge in [0.05, 0.1) is 6.10 Å². The first-order valence-corrected chi connectivity index (χ1v) is 4.81. The lowest BCUT2D eigenvalue weighted by atomic mass is 9.98. The first kappa shape index (κ1) is 11.8. The number of rotatable bonds is 5. The van der Waals surface area contributed by atoms with Crippen LogP contribution >= 0.6 is 0 Å². The Morgan fingerprint density at radius 3 is 2.60 bits per heavy atom. The Bertz CT molecular complexity index is 327. The van der Waals surface area contributed by atoms with Crippen molar-refractivity contribution in [3.63, 3.8) is 0 Å². The molecule has 4 N–H and O–H groups in total. The average Bonchev–Trinajstić information content (AvgIpc) is 2.28. The van der Waals surface area contributed by atoms with Gasteiger partial charge in [-0.2, -0.15) is 0 Å². The van der Waals surface area contributed by atoms with E-state index < -0.39 is 12.2 Å². The van der Waals surface area contributed by atoms with Gasteiger partial charge in [-0.25, -0.2) is 0 Å². The maximum atomic E-state index is 10.7. The molecule has 82 valence electrons. The number of benzene rings is 1. The maximum Gasteiger partial charge on any atom is 0.150 e. The van der Waals surface area contributed by atoms with Gasteiger partial charge in [-0.3, -0.25) is 4.79 Å². The monoisotopic (exact) mass is 209 g/mol. The van der Waals surface area contributed by atoms with Crippen LogP contribution in [0.5, 0.6) is 0 Å². The predicted molar refractivity (Wildman–Crippen MR) is 56.5 cm³/mol. The highest BCUT2D eigenvalue weighted by Crippen LogP contribution is 2.21. The van der Waals surface area contributed by atoms with E-state index in [2.05, 4.69) is 0 Å². The molecule has 15 heavy (non-hydrogen) atoms. The minimum atomic E-state index is -1.06. The number of hydrogen-bond acceptors (Lipinski definition) is 4. The van der Waals surface area contributed by atoms with Crippen molar-refractivity contribution < 1.29 is 15.0 Å². The third kappa shape index (κ3) is 2.86. The molecular weight excluding hydrogens is 194 g/mol. The Morgan fingerprint density at radius 2 is 2.00 bits per heavy atom. The normalized spacial score (nSPS) is 14.6. The Labute approximate surface area is 88.3 Å². The molecule has 0 amide bonds. The number of aliphatic hydroxyl groups excluding tert-OH is 2. The van der Waals surface area contributed by atoms with E-state index in [-0.39, 0.29) is 0 Å². The highest BCUT2D eigenvalue weighted by molar-refractivity contribution is 5.77. The Kier molecular flexibility index (Phi) is 4.42. The molecule has 0 bridgehead atoms. The molecule has 4 nitrogen and oxygen atoms in total. The van der Waals surface area contributed by atoms with Gasteiger partial charge in [-0.1, -0.05) is 24.3 Å². The standard InChI is InChI=1S/C11H15NO3/c12-6-5-10(14)11(15)9-4-2-1-3-8(9)7-13/h1-4,7,10-11,14-15H,5-6,12H2. The summed E-state index contributed by atoms with van der Waals surface area (Å²) < 4.78 is 0. The zero-order valence-corrected chi connectivity index (χ0v) is 8.34. The van der Waals surface area contributed by atoms with Crippen molar-refractivity contribution in [1.29, 1.82) is 0 Å². The molecule has 0 heterocycles. The van der Waals surface area contributed by atoms with Gasteiger partial charge < -0.3 is 15.9 Å². The van der Waals surface area contributed by atoms with Crippen LogP contribution in [0.3, 0.4) is 0 Å². The smallest absolute Gasteiger partial charge is 0.150 e. The van der Waals surface area contributed by atoms with E-state index in [0.29, 0.717) is 30.4 Å². The Hall–Kier alpha value is -1.23. The summed E-state index contributed by atoms with van der Waals surface area (Å²) in [5.74, 6) is 0. The van der Waals surface area contributed by atoms with Crippen molar-refractivity contribution in [3.05, 3.63) is 35.4 Å². The molecular formula is C11H15NO3. The molecule has 1 aromatic rings. The van der Waals surface area contributed by atoms with Crippen LogP contribution in [0, 0.1) is 0 Å². The molecule has 1 aromatic carbocycles. The topological polar surface area (TPSA) is 83.6 Å². The SMILES string of the molecule is NCCC(O)C(O)c1ccccc1C=O. The molecule has 0 fully saturated rings. The van der Waals surface area contributed by atoms with Gasteiger partial charge >= 0.3 is 0 Å². The molecule has 0 aliphatic heterocycles. The Balaban J connectivity index is 2.89. The molecule has 0 radical (unpaired) electrons. The number of carbonyl (C=O) groups excluding carboxylic acids is 1. The van der Waals surface area contributed by atoms with Crippen LogP contribution < -0.4 is 5.73 Å². The van der Waals surface area contributed by atoms with Crippen LogP contribution in [-0.2, 0) is 0 Å². The fourth-order valence-electron chi connectivity index (χ4n) is 1.42. The number of nitrogens with two attached hydrogens (primary N) is 1. The minimum absolute atomic E-state index is 0.293. The van der Waals surface area contributed by atoms with Gasteiger partial charge in [0.25, 0.3) is 0 Å². The summed E-state index contributed by atoms with van der Waals surface area (Å²) in [4.78, 5) is 10.7. The fourth-order valence-corrected chi connectivity index (χ4v) is 1.42. The van der Waals surface area contributed by atoms with Crippen molar-refractivity contribution in [2.75, 3.05) is 6.54 Å². The van der Waals surface area contributed by atoms with Gasteiger partial charge in [-0.05, 0) is 18.5 Å². The van der Waals surface area contributed by atoms with Gasteiger partial charge in [0.15, 0.2) is 0 Å².